The number of carbonyl (C=O) groups is 6. The molecule has 0 bridgehead atoms. The van der Waals surface area contributed by atoms with Gasteiger partial charge in [0.1, 0.15) is 30.7 Å². The number of amides is 6. The molecule has 0 aromatic heterocycles. The standard InChI is InChI=1S/C38H57FN6O13S/c1-21(47)42-33-25(48)17-38(36(54)55,58-35(33)34(53)26(49)19-46)57-27-11-10-23(16-22(27)18-39)43-31(52)13-12-30(51)41-15-7-3-2-6-14-40-29(50)9-5-4-8-28-32-24(20-59-28)44-37(56)45-32/h10-11,16,24-26,28,32-35,46,48-49,53H,2-9,12-15,17-20H2,1H3,(H,40,50)(H,41,51)(H,42,47)(H,43,52)(H,54,55)(H2,44,45,56)/t24-,25-,26+,28-,32-,33+,34+,35+,38+/m0/s1. The minimum Gasteiger partial charge on any atom is -0.476 e. The summed E-state index contributed by atoms with van der Waals surface area (Å²) in [6, 6.07) is 2.48. The van der Waals surface area contributed by atoms with Crippen molar-refractivity contribution in [1.82, 2.24) is 26.6 Å². The Kier molecular flexibility index (Phi) is 18.4. The van der Waals surface area contributed by atoms with E-state index in [0.29, 0.717) is 24.8 Å². The Balaban J connectivity index is 1.12. The van der Waals surface area contributed by atoms with Gasteiger partial charge in [0, 0.05) is 61.5 Å². The van der Waals surface area contributed by atoms with Gasteiger partial charge in [-0.05, 0) is 43.9 Å². The molecular weight excluding hydrogens is 800 g/mol. The molecule has 0 spiro atoms. The zero-order valence-corrected chi connectivity index (χ0v) is 33.8. The third kappa shape index (κ3) is 13.9. The second-order valence-electron chi connectivity index (χ2n) is 15.0. The Bertz CT molecular complexity index is 1630. The lowest BCUT2D eigenvalue weighted by atomic mass is 9.88. The number of hydrogen-bond acceptors (Lipinski definition) is 13. The van der Waals surface area contributed by atoms with Crippen LogP contribution < -0.4 is 36.6 Å². The van der Waals surface area contributed by atoms with Crippen molar-refractivity contribution in [3.63, 3.8) is 0 Å². The topological polar surface area (TPSA) is 294 Å². The van der Waals surface area contributed by atoms with E-state index in [9.17, 15) is 58.7 Å². The predicted octanol–water partition coefficient (Wildman–Crippen LogP) is -0.0783. The van der Waals surface area contributed by atoms with Crippen molar-refractivity contribution in [1.29, 1.82) is 0 Å². The average molecular weight is 857 g/mol. The first kappa shape index (κ1) is 47.4. The summed E-state index contributed by atoms with van der Waals surface area (Å²) < 4.78 is 25.4. The number of aliphatic hydroxyl groups is 4. The number of anilines is 1. The molecule has 0 aliphatic carbocycles. The highest BCUT2D eigenvalue weighted by Gasteiger charge is 2.57. The van der Waals surface area contributed by atoms with Crippen molar-refractivity contribution in [2.45, 2.75) is 138 Å². The Labute approximate surface area is 345 Å². The van der Waals surface area contributed by atoms with Crippen LogP contribution in [0.2, 0.25) is 0 Å². The number of aliphatic carboxylic acids is 1. The Morgan fingerprint density at radius 2 is 1.66 bits per heavy atom. The smallest absolute Gasteiger partial charge is 0.377 e. The molecule has 6 amide bonds. The van der Waals surface area contributed by atoms with Crippen LogP contribution in [0.5, 0.6) is 5.75 Å². The van der Waals surface area contributed by atoms with Gasteiger partial charge in [0.15, 0.2) is 0 Å². The number of rotatable bonds is 24. The van der Waals surface area contributed by atoms with E-state index in [1.165, 1.54) is 12.1 Å². The number of carboxylic acids is 1. The molecular formula is C38H57FN6O13S. The van der Waals surface area contributed by atoms with Gasteiger partial charge < -0.3 is 66.9 Å². The number of carboxylic acid groups (broad SMARTS) is 1. The van der Waals surface area contributed by atoms with E-state index < -0.39 is 73.7 Å². The van der Waals surface area contributed by atoms with E-state index in [1.807, 2.05) is 11.8 Å². The van der Waals surface area contributed by atoms with E-state index in [4.69, 9.17) is 9.47 Å². The normalized spacial score (nSPS) is 25.8. The number of urea groups is 1. The van der Waals surface area contributed by atoms with E-state index in [2.05, 4.69) is 31.9 Å². The Hall–Kier alpha value is -4.28. The first-order valence-corrected chi connectivity index (χ1v) is 20.9. The number of fused-ring (bicyclic) bond motifs is 1. The molecule has 11 N–H and O–H groups in total. The van der Waals surface area contributed by atoms with Gasteiger partial charge in [0.2, 0.25) is 23.6 Å². The van der Waals surface area contributed by atoms with Crippen molar-refractivity contribution >= 4 is 53.1 Å². The van der Waals surface area contributed by atoms with Crippen molar-refractivity contribution in [2.75, 3.05) is 30.8 Å². The zero-order chi connectivity index (χ0) is 43.1. The lowest BCUT2D eigenvalue weighted by Gasteiger charge is -2.46. The van der Waals surface area contributed by atoms with Gasteiger partial charge in [0.05, 0.1) is 37.3 Å². The molecule has 3 aliphatic heterocycles. The number of halogens is 1. The molecule has 3 fully saturated rings. The van der Waals surface area contributed by atoms with Crippen LogP contribution >= 0.6 is 11.8 Å². The molecule has 59 heavy (non-hydrogen) atoms. The summed E-state index contributed by atoms with van der Waals surface area (Å²) in [5, 5.41) is 67.8. The summed E-state index contributed by atoms with van der Waals surface area (Å²) in [4.78, 5) is 72.9. The molecule has 330 valence electrons. The minimum absolute atomic E-state index is 0.0251. The lowest BCUT2D eigenvalue weighted by Crippen LogP contribution is -2.68. The van der Waals surface area contributed by atoms with Crippen LogP contribution in [0.4, 0.5) is 14.9 Å². The highest BCUT2D eigenvalue weighted by Crippen LogP contribution is 2.37. The maximum absolute atomic E-state index is 14.2. The monoisotopic (exact) mass is 856 g/mol. The number of hydrogen-bond donors (Lipinski definition) is 11. The fourth-order valence-electron chi connectivity index (χ4n) is 7.23. The van der Waals surface area contributed by atoms with Gasteiger partial charge in [-0.1, -0.05) is 19.3 Å². The number of benzene rings is 1. The third-order valence-corrected chi connectivity index (χ3v) is 11.9. The highest BCUT2D eigenvalue weighted by atomic mass is 32.2. The van der Waals surface area contributed by atoms with Gasteiger partial charge >= 0.3 is 17.8 Å². The molecule has 0 radical (unpaired) electrons. The molecule has 19 nitrogen and oxygen atoms in total. The number of aliphatic hydroxyl groups excluding tert-OH is 4. The third-order valence-electron chi connectivity index (χ3n) is 10.4. The highest BCUT2D eigenvalue weighted by molar-refractivity contribution is 8.00. The number of carbonyl (C=O) groups excluding carboxylic acids is 5. The van der Waals surface area contributed by atoms with Crippen LogP contribution in [0.3, 0.4) is 0 Å². The predicted molar refractivity (Wildman–Crippen MR) is 211 cm³/mol. The fraction of sp³-hybridized carbons (Fsp3) is 0.684. The fourth-order valence-corrected chi connectivity index (χ4v) is 8.77. The number of ether oxygens (including phenoxy) is 2. The van der Waals surface area contributed by atoms with E-state index in [0.717, 1.165) is 63.7 Å². The van der Waals surface area contributed by atoms with Crippen molar-refractivity contribution < 1.29 is 68.2 Å². The number of unbranched alkanes of at least 4 members (excludes halogenated alkanes) is 4. The van der Waals surface area contributed by atoms with Crippen LogP contribution in [0, 0.1) is 0 Å². The van der Waals surface area contributed by atoms with E-state index in [-0.39, 0.29) is 59.8 Å². The SMILES string of the molecule is CC(=O)N[C@H]1[C@H]([C@H](O)[C@H](O)CO)O[C@@](Oc2ccc(NC(=O)CCC(=O)NCCCCCCNC(=O)CCCC[C@@H]3SC[C@@H]4NC(=O)N[C@@H]43)cc2CF)(C(=O)O)C[C@@H]1O. The van der Waals surface area contributed by atoms with Gasteiger partial charge in [-0.3, -0.25) is 19.2 Å². The van der Waals surface area contributed by atoms with Crippen molar-refractivity contribution in [3.05, 3.63) is 23.8 Å². The molecule has 1 aromatic carbocycles. The van der Waals surface area contributed by atoms with Gasteiger partial charge in [-0.15, -0.1) is 0 Å². The van der Waals surface area contributed by atoms with E-state index >= 15 is 0 Å². The summed E-state index contributed by atoms with van der Waals surface area (Å²) in [7, 11) is 0. The number of nitrogens with one attached hydrogen (secondary N) is 6. The van der Waals surface area contributed by atoms with Crippen LogP contribution in [-0.2, 0) is 35.4 Å². The number of alkyl halides is 1. The molecule has 1 aromatic rings. The Morgan fingerprint density at radius 1 is 0.983 bits per heavy atom. The second-order valence-corrected chi connectivity index (χ2v) is 16.2. The Morgan fingerprint density at radius 3 is 2.31 bits per heavy atom. The van der Waals surface area contributed by atoms with Gasteiger partial charge in [0.25, 0.3) is 0 Å². The van der Waals surface area contributed by atoms with Crippen LogP contribution in [0.1, 0.15) is 83.1 Å². The van der Waals surface area contributed by atoms with Crippen LogP contribution in [-0.4, -0.2) is 140 Å². The van der Waals surface area contributed by atoms with Gasteiger partial charge in [-0.25, -0.2) is 14.0 Å². The summed E-state index contributed by atoms with van der Waals surface area (Å²) in [6.07, 6.45) is -2.04. The maximum Gasteiger partial charge on any atom is 0.377 e. The van der Waals surface area contributed by atoms with Crippen molar-refractivity contribution in [2.24, 2.45) is 0 Å². The second kappa shape index (κ2) is 22.9. The van der Waals surface area contributed by atoms with Gasteiger partial charge in [-0.2, -0.15) is 11.8 Å². The van der Waals surface area contributed by atoms with Crippen LogP contribution in [0.15, 0.2) is 18.2 Å². The first-order chi connectivity index (χ1) is 28.2. The molecule has 0 unspecified atom stereocenters. The molecule has 0 saturated carbocycles. The number of thioether (sulfide) groups is 1. The zero-order valence-electron chi connectivity index (χ0n) is 33.0. The minimum atomic E-state index is -2.74. The summed E-state index contributed by atoms with van der Waals surface area (Å²) in [5.74, 6) is -5.49. The lowest BCUT2D eigenvalue weighted by molar-refractivity contribution is -0.284. The molecule has 9 atom stereocenters. The molecule has 4 rings (SSSR count). The van der Waals surface area contributed by atoms with Crippen molar-refractivity contribution in [3.8, 4) is 5.75 Å². The molecule has 3 saturated heterocycles. The quantitative estimate of drug-likeness (QED) is 0.0479. The molecule has 3 heterocycles. The summed E-state index contributed by atoms with van der Waals surface area (Å²) in [6.45, 7) is -0.0636. The average Bonchev–Trinajstić information content (AvgIpc) is 3.76. The molecule has 21 heteroatoms. The first-order valence-electron chi connectivity index (χ1n) is 19.9. The van der Waals surface area contributed by atoms with Crippen LogP contribution in [0.25, 0.3) is 0 Å². The largest absolute Gasteiger partial charge is 0.476 e. The maximum atomic E-state index is 14.2. The van der Waals surface area contributed by atoms with E-state index in [1.54, 1.807) is 0 Å². The molecule has 3 aliphatic rings. The summed E-state index contributed by atoms with van der Waals surface area (Å²) >= 11 is 1.86. The summed E-state index contributed by atoms with van der Waals surface area (Å²) in [5.41, 5.74) is -0.109.